The first-order chi connectivity index (χ1) is 12.8. The fourth-order valence-electron chi connectivity index (χ4n) is 4.39. The second-order valence-corrected chi connectivity index (χ2v) is 7.12. The minimum absolute atomic E-state index is 0.371. The Morgan fingerprint density at radius 3 is 2.42 bits per heavy atom. The van der Waals surface area contributed by atoms with Crippen LogP contribution in [0.4, 0.5) is 0 Å². The van der Waals surface area contributed by atoms with Crippen LogP contribution in [-0.4, -0.2) is 42.5 Å². The van der Waals surface area contributed by atoms with E-state index in [9.17, 15) is 5.26 Å². The van der Waals surface area contributed by atoms with Crippen LogP contribution >= 0.6 is 0 Å². The van der Waals surface area contributed by atoms with E-state index in [-0.39, 0.29) is 0 Å². The first-order valence-electron chi connectivity index (χ1n) is 9.55. The molecule has 0 bridgehead atoms. The molecule has 2 aliphatic rings. The predicted octanol–water partition coefficient (Wildman–Crippen LogP) is 3.88. The zero-order chi connectivity index (χ0) is 17.9. The lowest BCUT2D eigenvalue weighted by atomic mass is 9.93. The van der Waals surface area contributed by atoms with E-state index < -0.39 is 0 Å². The fourth-order valence-corrected chi connectivity index (χ4v) is 4.39. The van der Waals surface area contributed by atoms with Gasteiger partial charge in [-0.15, -0.1) is 0 Å². The van der Waals surface area contributed by atoms with E-state index in [0.717, 1.165) is 44.7 Å². The van der Waals surface area contributed by atoms with Crippen molar-refractivity contribution in [3.05, 3.63) is 76.9 Å². The molecule has 0 aromatic heterocycles. The van der Waals surface area contributed by atoms with Gasteiger partial charge in [-0.2, -0.15) is 5.26 Å². The summed E-state index contributed by atoms with van der Waals surface area (Å²) in [6, 6.07) is 19.9. The molecule has 0 spiro atoms. The van der Waals surface area contributed by atoms with E-state index in [2.05, 4.69) is 71.3 Å². The van der Waals surface area contributed by atoms with E-state index in [1.807, 2.05) is 0 Å². The van der Waals surface area contributed by atoms with E-state index >= 15 is 0 Å². The molecule has 1 fully saturated rings. The van der Waals surface area contributed by atoms with Gasteiger partial charge in [0.2, 0.25) is 0 Å². The van der Waals surface area contributed by atoms with Gasteiger partial charge in [0, 0.05) is 38.3 Å². The van der Waals surface area contributed by atoms with Gasteiger partial charge in [-0.25, -0.2) is 0 Å². The van der Waals surface area contributed by atoms with Crippen LogP contribution in [0.3, 0.4) is 0 Å². The smallest absolute Gasteiger partial charge is 0.0918 e. The highest BCUT2D eigenvalue weighted by Gasteiger charge is 2.30. The van der Waals surface area contributed by atoms with E-state index in [0.29, 0.717) is 6.04 Å². The molecule has 3 heteroatoms. The Hall–Kier alpha value is -2.41. The standard InChI is InChI=1S/C23H25N3/c1-2-25-13-15-26(16-14-25)23-17-18-7-3-4-8-19(18)21(11-12-24)20-9-5-6-10-22(20)23/h3-11,23H,2,13-17H2,1H3/b21-11-. The first-order valence-corrected chi connectivity index (χ1v) is 9.55. The molecule has 1 heterocycles. The molecule has 2 aromatic rings. The van der Waals surface area contributed by atoms with Crippen LogP contribution in [0.2, 0.25) is 0 Å². The highest BCUT2D eigenvalue weighted by Crippen LogP contribution is 2.40. The molecule has 1 aliphatic carbocycles. The van der Waals surface area contributed by atoms with E-state index in [1.54, 1.807) is 6.08 Å². The molecule has 1 unspecified atom stereocenters. The first kappa shape index (κ1) is 17.0. The SMILES string of the molecule is CCN1CCN(C2Cc3ccccc3/C(=C/C#N)c3ccccc32)CC1. The molecule has 3 nitrogen and oxygen atoms in total. The molecule has 0 N–H and O–H groups in total. The number of nitriles is 1. The van der Waals surface area contributed by atoms with Gasteiger partial charge < -0.3 is 4.90 Å². The molecular formula is C23H25N3. The Kier molecular flexibility index (Phi) is 4.88. The van der Waals surface area contributed by atoms with E-state index in [4.69, 9.17) is 0 Å². The summed E-state index contributed by atoms with van der Waals surface area (Å²) >= 11 is 0. The maximum Gasteiger partial charge on any atom is 0.0918 e. The zero-order valence-electron chi connectivity index (χ0n) is 15.4. The Balaban J connectivity index is 1.80. The second-order valence-electron chi connectivity index (χ2n) is 7.12. The van der Waals surface area contributed by atoms with Crippen molar-refractivity contribution in [2.24, 2.45) is 0 Å². The summed E-state index contributed by atoms with van der Waals surface area (Å²) < 4.78 is 0. The van der Waals surface area contributed by atoms with Gasteiger partial charge in [0.1, 0.15) is 0 Å². The number of hydrogen-bond acceptors (Lipinski definition) is 3. The van der Waals surface area contributed by atoms with Gasteiger partial charge in [0.05, 0.1) is 6.07 Å². The quantitative estimate of drug-likeness (QED) is 0.775. The number of benzene rings is 2. The average molecular weight is 343 g/mol. The Bertz CT molecular complexity index is 854. The molecule has 0 radical (unpaired) electrons. The summed E-state index contributed by atoms with van der Waals surface area (Å²) in [6.07, 6.45) is 2.72. The number of likely N-dealkylation sites (N-methyl/N-ethyl adjacent to an activating group) is 1. The highest BCUT2D eigenvalue weighted by molar-refractivity contribution is 5.85. The normalized spacial score (nSPS) is 22.3. The fraction of sp³-hybridized carbons (Fsp3) is 0.348. The number of allylic oxidation sites excluding steroid dienone is 1. The molecular weight excluding hydrogens is 318 g/mol. The van der Waals surface area contributed by atoms with Crippen LogP contribution in [0.5, 0.6) is 0 Å². The largest absolute Gasteiger partial charge is 0.301 e. The lowest BCUT2D eigenvalue weighted by Gasteiger charge is -2.39. The summed E-state index contributed by atoms with van der Waals surface area (Å²) in [7, 11) is 0. The van der Waals surface area contributed by atoms with Crippen molar-refractivity contribution in [1.29, 1.82) is 5.26 Å². The zero-order valence-corrected chi connectivity index (χ0v) is 15.4. The van der Waals surface area contributed by atoms with Crippen molar-refractivity contribution in [2.75, 3.05) is 32.7 Å². The molecule has 26 heavy (non-hydrogen) atoms. The van der Waals surface area contributed by atoms with Crippen LogP contribution in [0.1, 0.15) is 35.2 Å². The summed E-state index contributed by atoms with van der Waals surface area (Å²) in [5.41, 5.74) is 6.18. The summed E-state index contributed by atoms with van der Waals surface area (Å²) in [5, 5.41) is 9.39. The summed E-state index contributed by atoms with van der Waals surface area (Å²) in [6.45, 7) is 7.85. The number of hydrogen-bond donors (Lipinski definition) is 0. The van der Waals surface area contributed by atoms with Gasteiger partial charge >= 0.3 is 0 Å². The maximum atomic E-state index is 9.39. The summed E-state index contributed by atoms with van der Waals surface area (Å²) in [5.74, 6) is 0. The van der Waals surface area contributed by atoms with Crippen molar-refractivity contribution < 1.29 is 0 Å². The van der Waals surface area contributed by atoms with Crippen LogP contribution in [0, 0.1) is 11.3 Å². The van der Waals surface area contributed by atoms with Crippen LogP contribution < -0.4 is 0 Å². The topological polar surface area (TPSA) is 30.3 Å². The number of nitrogens with zero attached hydrogens (tertiary/aromatic N) is 3. The molecule has 1 saturated heterocycles. The molecule has 0 amide bonds. The molecule has 1 atom stereocenters. The average Bonchev–Trinajstić information content (AvgIpc) is 2.84. The van der Waals surface area contributed by atoms with Crippen LogP contribution in [-0.2, 0) is 6.42 Å². The van der Waals surface area contributed by atoms with Crippen molar-refractivity contribution in [3.63, 3.8) is 0 Å². The molecule has 0 saturated carbocycles. The maximum absolute atomic E-state index is 9.39. The third-order valence-corrected chi connectivity index (χ3v) is 5.83. The lowest BCUT2D eigenvalue weighted by molar-refractivity contribution is 0.0989. The minimum Gasteiger partial charge on any atom is -0.301 e. The van der Waals surface area contributed by atoms with Gasteiger partial charge in [-0.05, 0) is 40.8 Å². The van der Waals surface area contributed by atoms with E-state index in [1.165, 1.54) is 22.3 Å². The van der Waals surface area contributed by atoms with Crippen molar-refractivity contribution in [2.45, 2.75) is 19.4 Å². The predicted molar refractivity (Wildman–Crippen MR) is 106 cm³/mol. The van der Waals surface area contributed by atoms with Crippen molar-refractivity contribution in [3.8, 4) is 6.07 Å². The number of piperazine rings is 1. The van der Waals surface area contributed by atoms with Gasteiger partial charge in [-0.3, -0.25) is 4.90 Å². The number of fused-ring (bicyclic) bond motifs is 2. The molecule has 1 aliphatic heterocycles. The van der Waals surface area contributed by atoms with Crippen LogP contribution in [0.15, 0.2) is 54.6 Å². The van der Waals surface area contributed by atoms with Gasteiger partial charge in [0.25, 0.3) is 0 Å². The Morgan fingerprint density at radius 1 is 1.00 bits per heavy atom. The molecule has 4 rings (SSSR count). The molecule has 132 valence electrons. The van der Waals surface area contributed by atoms with Gasteiger partial charge in [-0.1, -0.05) is 55.5 Å². The van der Waals surface area contributed by atoms with Crippen LogP contribution in [0.25, 0.3) is 5.57 Å². The van der Waals surface area contributed by atoms with Crippen molar-refractivity contribution >= 4 is 5.57 Å². The monoisotopic (exact) mass is 343 g/mol. The highest BCUT2D eigenvalue weighted by atomic mass is 15.3. The molecule has 2 aromatic carbocycles. The Labute approximate surface area is 156 Å². The summed E-state index contributed by atoms with van der Waals surface area (Å²) in [4.78, 5) is 5.16. The second kappa shape index (κ2) is 7.45. The lowest BCUT2D eigenvalue weighted by Crippen LogP contribution is -2.47. The minimum atomic E-state index is 0.371. The third-order valence-electron chi connectivity index (χ3n) is 5.83. The Morgan fingerprint density at radius 2 is 1.69 bits per heavy atom. The van der Waals surface area contributed by atoms with Gasteiger partial charge in [0.15, 0.2) is 0 Å². The third kappa shape index (κ3) is 3.07. The number of rotatable bonds is 2. The van der Waals surface area contributed by atoms with Crippen molar-refractivity contribution in [1.82, 2.24) is 9.80 Å².